The summed E-state index contributed by atoms with van der Waals surface area (Å²) in [6, 6.07) is 10.8. The Balaban J connectivity index is 1.38. The first-order valence-corrected chi connectivity index (χ1v) is 11.0. The Morgan fingerprint density at radius 2 is 1.87 bits per heavy atom. The van der Waals surface area contributed by atoms with Gasteiger partial charge in [-0.2, -0.15) is 0 Å². The van der Waals surface area contributed by atoms with Gasteiger partial charge in [-0.15, -0.1) is 21.5 Å². The third kappa shape index (κ3) is 3.82. The molecule has 6 nitrogen and oxygen atoms in total. The van der Waals surface area contributed by atoms with E-state index in [1.54, 1.807) is 17.0 Å². The van der Waals surface area contributed by atoms with E-state index < -0.39 is 0 Å². The van der Waals surface area contributed by atoms with Crippen molar-refractivity contribution in [1.29, 1.82) is 0 Å². The van der Waals surface area contributed by atoms with Gasteiger partial charge in [0.25, 0.3) is 5.91 Å². The Bertz CT molecular complexity index is 1290. The van der Waals surface area contributed by atoms with Crippen molar-refractivity contribution in [3.8, 4) is 22.1 Å². The zero-order chi connectivity index (χ0) is 21.5. The topological polar surface area (TPSA) is 63.9 Å². The van der Waals surface area contributed by atoms with Gasteiger partial charge in [0.15, 0.2) is 11.6 Å². The van der Waals surface area contributed by atoms with E-state index in [4.69, 9.17) is 23.2 Å². The average molecular weight is 474 g/mol. The molecule has 0 unspecified atom stereocenters. The molecule has 0 bridgehead atoms. The molecule has 0 saturated carbocycles. The lowest BCUT2D eigenvalue weighted by atomic mass is 10.2. The minimum absolute atomic E-state index is 0.163. The molecule has 0 aliphatic carbocycles. The number of aromatic nitrogens is 4. The SMILES string of the molecule is O=C(c1ccc(F)cc1)N1CCn2c(nnc2-c2csc(-c3ccc(Cl)cc3Cl)n2)C1. The maximum Gasteiger partial charge on any atom is 0.254 e. The molecule has 10 heteroatoms. The number of hydrogen-bond donors (Lipinski definition) is 0. The molecule has 1 amide bonds. The summed E-state index contributed by atoms with van der Waals surface area (Å²) in [7, 11) is 0. The summed E-state index contributed by atoms with van der Waals surface area (Å²) in [5.74, 6) is 0.790. The third-order valence-electron chi connectivity index (χ3n) is 5.03. The van der Waals surface area contributed by atoms with E-state index in [0.29, 0.717) is 52.6 Å². The van der Waals surface area contributed by atoms with Crippen LogP contribution in [0, 0.1) is 5.82 Å². The van der Waals surface area contributed by atoms with Crippen molar-refractivity contribution in [2.24, 2.45) is 0 Å². The molecule has 2 aromatic heterocycles. The average Bonchev–Trinajstić information content (AvgIpc) is 3.40. The van der Waals surface area contributed by atoms with Crippen LogP contribution >= 0.6 is 34.5 Å². The maximum absolute atomic E-state index is 13.1. The summed E-state index contributed by atoms with van der Waals surface area (Å²) in [5.41, 5.74) is 1.94. The summed E-state index contributed by atoms with van der Waals surface area (Å²) >= 11 is 13.8. The Morgan fingerprint density at radius 3 is 2.65 bits per heavy atom. The van der Waals surface area contributed by atoms with Crippen LogP contribution in [-0.4, -0.2) is 37.1 Å². The second-order valence-corrected chi connectivity index (χ2v) is 8.69. The van der Waals surface area contributed by atoms with Crippen LogP contribution in [0.2, 0.25) is 10.0 Å². The Morgan fingerprint density at radius 1 is 1.06 bits per heavy atom. The predicted octanol–water partition coefficient (Wildman–Crippen LogP) is 5.17. The molecule has 4 aromatic rings. The van der Waals surface area contributed by atoms with Gasteiger partial charge in [-0.05, 0) is 42.5 Å². The number of hydrogen-bond acceptors (Lipinski definition) is 5. The van der Waals surface area contributed by atoms with Crippen LogP contribution in [-0.2, 0) is 13.1 Å². The normalized spacial score (nSPS) is 13.3. The fraction of sp³-hybridized carbons (Fsp3) is 0.143. The van der Waals surface area contributed by atoms with E-state index in [1.807, 2.05) is 16.0 Å². The van der Waals surface area contributed by atoms with Gasteiger partial charge in [0.2, 0.25) is 0 Å². The van der Waals surface area contributed by atoms with Crippen LogP contribution in [0.25, 0.3) is 22.1 Å². The molecule has 0 saturated heterocycles. The van der Waals surface area contributed by atoms with E-state index in [-0.39, 0.29) is 11.7 Å². The van der Waals surface area contributed by atoms with Crippen LogP contribution in [0.3, 0.4) is 0 Å². The van der Waals surface area contributed by atoms with Crippen molar-refractivity contribution >= 4 is 40.4 Å². The first-order chi connectivity index (χ1) is 15.0. The lowest BCUT2D eigenvalue weighted by molar-refractivity contribution is 0.0708. The lowest BCUT2D eigenvalue weighted by Gasteiger charge is -2.27. The van der Waals surface area contributed by atoms with Gasteiger partial charge in [0.1, 0.15) is 16.5 Å². The number of carbonyl (C=O) groups excluding carboxylic acids is 1. The van der Waals surface area contributed by atoms with Gasteiger partial charge < -0.3 is 9.47 Å². The van der Waals surface area contributed by atoms with Gasteiger partial charge >= 0.3 is 0 Å². The Labute approximate surface area is 190 Å². The summed E-state index contributed by atoms with van der Waals surface area (Å²) in [4.78, 5) is 19.1. The van der Waals surface area contributed by atoms with Crippen molar-refractivity contribution in [1.82, 2.24) is 24.6 Å². The molecule has 1 aliphatic heterocycles. The fourth-order valence-corrected chi connectivity index (χ4v) is 4.85. The second-order valence-electron chi connectivity index (χ2n) is 6.99. The second kappa shape index (κ2) is 8.03. The highest BCUT2D eigenvalue weighted by Gasteiger charge is 2.26. The number of rotatable bonds is 3. The zero-order valence-electron chi connectivity index (χ0n) is 15.9. The largest absolute Gasteiger partial charge is 0.329 e. The standard InChI is InChI=1S/C21H14Cl2FN5OS/c22-13-3-6-15(16(23)9-13)20-25-17(11-31-20)19-27-26-18-10-28(7-8-29(18)19)21(30)12-1-4-14(24)5-2-12/h1-6,9,11H,7-8,10H2. The molecule has 0 spiro atoms. The van der Waals surface area contributed by atoms with Crippen LogP contribution < -0.4 is 0 Å². The van der Waals surface area contributed by atoms with Crippen LogP contribution in [0.4, 0.5) is 4.39 Å². The van der Waals surface area contributed by atoms with Crippen molar-refractivity contribution in [2.75, 3.05) is 6.54 Å². The molecular formula is C21H14Cl2FN5OS. The highest BCUT2D eigenvalue weighted by atomic mass is 35.5. The molecule has 3 heterocycles. The van der Waals surface area contributed by atoms with Crippen LogP contribution in [0.1, 0.15) is 16.2 Å². The van der Waals surface area contributed by atoms with E-state index >= 15 is 0 Å². The summed E-state index contributed by atoms with van der Waals surface area (Å²) < 4.78 is 15.1. The molecule has 0 radical (unpaired) electrons. The number of nitrogens with zero attached hydrogens (tertiary/aromatic N) is 5. The van der Waals surface area contributed by atoms with Gasteiger partial charge in [-0.1, -0.05) is 23.2 Å². The highest BCUT2D eigenvalue weighted by molar-refractivity contribution is 7.13. The molecule has 0 fully saturated rings. The minimum atomic E-state index is -0.373. The van der Waals surface area contributed by atoms with Crippen molar-refractivity contribution in [3.05, 3.63) is 75.1 Å². The number of thiazole rings is 1. The Kier molecular flexibility index (Phi) is 5.21. The van der Waals surface area contributed by atoms with Crippen molar-refractivity contribution < 1.29 is 9.18 Å². The molecule has 2 aromatic carbocycles. The van der Waals surface area contributed by atoms with E-state index in [9.17, 15) is 9.18 Å². The summed E-state index contributed by atoms with van der Waals surface area (Å²) in [5, 5.41) is 12.3. The first-order valence-electron chi connectivity index (χ1n) is 9.38. The van der Waals surface area contributed by atoms with Gasteiger partial charge in [-0.3, -0.25) is 4.79 Å². The molecule has 0 atom stereocenters. The zero-order valence-corrected chi connectivity index (χ0v) is 18.3. The number of halogens is 3. The van der Waals surface area contributed by atoms with Crippen molar-refractivity contribution in [2.45, 2.75) is 13.1 Å². The quantitative estimate of drug-likeness (QED) is 0.411. The van der Waals surface area contributed by atoms with Gasteiger partial charge in [-0.25, -0.2) is 9.37 Å². The highest BCUT2D eigenvalue weighted by Crippen LogP contribution is 2.34. The molecule has 156 valence electrons. The number of fused-ring (bicyclic) bond motifs is 1. The van der Waals surface area contributed by atoms with Crippen molar-refractivity contribution in [3.63, 3.8) is 0 Å². The maximum atomic E-state index is 13.1. The smallest absolute Gasteiger partial charge is 0.254 e. The molecule has 0 N–H and O–H groups in total. The van der Waals surface area contributed by atoms with Gasteiger partial charge in [0, 0.05) is 34.6 Å². The molecular weight excluding hydrogens is 460 g/mol. The monoisotopic (exact) mass is 473 g/mol. The first kappa shape index (κ1) is 20.1. The Hall–Kier alpha value is -2.81. The van der Waals surface area contributed by atoms with E-state index in [2.05, 4.69) is 15.2 Å². The van der Waals surface area contributed by atoms with Gasteiger partial charge in [0.05, 0.1) is 11.6 Å². The minimum Gasteiger partial charge on any atom is -0.329 e. The summed E-state index contributed by atoms with van der Waals surface area (Å²) in [6.45, 7) is 1.36. The number of carbonyl (C=O) groups is 1. The number of amides is 1. The molecule has 31 heavy (non-hydrogen) atoms. The molecule has 1 aliphatic rings. The van der Waals surface area contributed by atoms with E-state index in [0.717, 1.165) is 10.6 Å². The lowest BCUT2D eigenvalue weighted by Crippen LogP contribution is -2.38. The van der Waals surface area contributed by atoms with Crippen LogP contribution in [0.15, 0.2) is 47.8 Å². The number of benzene rings is 2. The summed E-state index contributed by atoms with van der Waals surface area (Å²) in [6.07, 6.45) is 0. The molecule has 5 rings (SSSR count). The van der Waals surface area contributed by atoms with E-state index in [1.165, 1.54) is 35.6 Å². The predicted molar refractivity (Wildman–Crippen MR) is 118 cm³/mol. The third-order valence-corrected chi connectivity index (χ3v) is 6.45. The van der Waals surface area contributed by atoms with Crippen LogP contribution in [0.5, 0.6) is 0 Å². The fourth-order valence-electron chi connectivity index (χ4n) is 3.46.